The molecule has 1 atom stereocenters. The maximum atomic E-state index is 5.64. The van der Waals surface area contributed by atoms with Crippen molar-refractivity contribution in [1.29, 1.82) is 0 Å². The van der Waals surface area contributed by atoms with Crippen molar-refractivity contribution >= 4 is 9.04 Å². The predicted molar refractivity (Wildman–Crippen MR) is 52.8 cm³/mol. The Morgan fingerprint density at radius 2 is 2.42 bits per heavy atom. The van der Waals surface area contributed by atoms with Gasteiger partial charge in [-0.25, -0.2) is 0 Å². The lowest BCUT2D eigenvalue weighted by atomic mass is 10.4. The molecule has 1 heterocycles. The highest BCUT2D eigenvalue weighted by atomic mass is 28.3. The topological polar surface area (TPSA) is 18.5 Å². The van der Waals surface area contributed by atoms with Gasteiger partial charge in [-0.15, -0.1) is 0 Å². The van der Waals surface area contributed by atoms with Crippen molar-refractivity contribution in [2.24, 2.45) is 0 Å². The van der Waals surface area contributed by atoms with Crippen molar-refractivity contribution in [2.75, 3.05) is 19.4 Å². The summed E-state index contributed by atoms with van der Waals surface area (Å²) in [6.45, 7) is 7.44. The van der Waals surface area contributed by atoms with Crippen molar-refractivity contribution in [2.45, 2.75) is 25.8 Å². The molecule has 0 aliphatic carbocycles. The second kappa shape index (κ2) is 5.51. The second-order valence-corrected chi connectivity index (χ2v) is 5.95. The average molecular weight is 186 g/mol. The Morgan fingerprint density at radius 1 is 1.58 bits per heavy atom. The van der Waals surface area contributed by atoms with Crippen LogP contribution in [0.1, 0.15) is 19.8 Å². The summed E-state index contributed by atoms with van der Waals surface area (Å²) < 4.78 is 11.1. The van der Waals surface area contributed by atoms with Gasteiger partial charge in [0.15, 0.2) is 0 Å². The number of hydrogen-bond acceptors (Lipinski definition) is 2. The zero-order valence-corrected chi connectivity index (χ0v) is 9.00. The molecule has 1 saturated heterocycles. The van der Waals surface area contributed by atoms with E-state index in [9.17, 15) is 0 Å². The van der Waals surface area contributed by atoms with E-state index in [1.807, 2.05) is 6.92 Å². The first-order chi connectivity index (χ1) is 5.79. The Morgan fingerprint density at radius 3 is 3.00 bits per heavy atom. The molecule has 0 aromatic rings. The maximum Gasteiger partial charge on any atom is 0.202 e. The van der Waals surface area contributed by atoms with Gasteiger partial charge in [-0.2, -0.15) is 0 Å². The molecule has 2 nitrogen and oxygen atoms in total. The van der Waals surface area contributed by atoms with Gasteiger partial charge in [0.25, 0.3) is 0 Å². The average Bonchev–Trinajstić information content (AvgIpc) is 2.05. The highest BCUT2D eigenvalue weighted by Gasteiger charge is 2.15. The SMILES string of the molecule is C=C(C)COC[SiH]1CCCCO1. The first-order valence-electron chi connectivity index (χ1n) is 4.63. The molecule has 0 radical (unpaired) electrons. The zero-order chi connectivity index (χ0) is 8.81. The van der Waals surface area contributed by atoms with E-state index in [4.69, 9.17) is 9.16 Å². The second-order valence-electron chi connectivity index (χ2n) is 3.46. The van der Waals surface area contributed by atoms with Crippen molar-refractivity contribution < 1.29 is 9.16 Å². The summed E-state index contributed by atoms with van der Waals surface area (Å²) in [4.78, 5) is 0. The Labute approximate surface area is 76.3 Å². The van der Waals surface area contributed by atoms with Crippen LogP contribution < -0.4 is 0 Å². The van der Waals surface area contributed by atoms with E-state index in [1.165, 1.54) is 18.9 Å². The van der Waals surface area contributed by atoms with E-state index >= 15 is 0 Å². The molecule has 1 rings (SSSR count). The van der Waals surface area contributed by atoms with Crippen LogP contribution in [0, 0.1) is 0 Å². The van der Waals surface area contributed by atoms with E-state index in [-0.39, 0.29) is 0 Å². The van der Waals surface area contributed by atoms with Gasteiger partial charge in [0.2, 0.25) is 9.04 Å². The van der Waals surface area contributed by atoms with Crippen LogP contribution in [-0.2, 0) is 9.16 Å². The summed E-state index contributed by atoms with van der Waals surface area (Å²) in [5.74, 6) is 0. The smallest absolute Gasteiger partial charge is 0.202 e. The van der Waals surface area contributed by atoms with Gasteiger partial charge >= 0.3 is 0 Å². The summed E-state index contributed by atoms with van der Waals surface area (Å²) in [7, 11) is -0.948. The van der Waals surface area contributed by atoms with E-state index in [1.54, 1.807) is 0 Å². The Hall–Kier alpha value is -0.123. The van der Waals surface area contributed by atoms with Gasteiger partial charge in [-0.3, -0.25) is 0 Å². The molecular formula is C9H18O2Si. The highest BCUT2D eigenvalue weighted by Crippen LogP contribution is 2.10. The molecule has 0 aromatic carbocycles. The fourth-order valence-corrected chi connectivity index (χ4v) is 3.36. The van der Waals surface area contributed by atoms with Crippen LogP contribution in [0.25, 0.3) is 0 Å². The van der Waals surface area contributed by atoms with Crippen LogP contribution in [0.15, 0.2) is 12.2 Å². The van der Waals surface area contributed by atoms with E-state index < -0.39 is 9.04 Å². The molecule has 0 aromatic heterocycles. The summed E-state index contributed by atoms with van der Waals surface area (Å²) in [5.41, 5.74) is 1.10. The molecule has 0 bridgehead atoms. The quantitative estimate of drug-likeness (QED) is 0.491. The minimum atomic E-state index is -0.948. The van der Waals surface area contributed by atoms with Crippen molar-refractivity contribution in [1.82, 2.24) is 0 Å². The molecular weight excluding hydrogens is 168 g/mol. The lowest BCUT2D eigenvalue weighted by Crippen LogP contribution is -2.29. The monoisotopic (exact) mass is 186 g/mol. The third-order valence-corrected chi connectivity index (χ3v) is 4.29. The largest absolute Gasteiger partial charge is 0.418 e. The van der Waals surface area contributed by atoms with Crippen molar-refractivity contribution in [3.63, 3.8) is 0 Å². The zero-order valence-electron chi connectivity index (χ0n) is 7.84. The van der Waals surface area contributed by atoms with Crippen molar-refractivity contribution in [3.05, 3.63) is 12.2 Å². The van der Waals surface area contributed by atoms with Gasteiger partial charge in [-0.1, -0.05) is 18.6 Å². The van der Waals surface area contributed by atoms with Gasteiger partial charge in [0.1, 0.15) is 0 Å². The minimum absolute atomic E-state index is 0.701. The molecule has 0 spiro atoms. The number of rotatable bonds is 4. The summed E-state index contributed by atoms with van der Waals surface area (Å²) in [5, 5.41) is 0. The van der Waals surface area contributed by atoms with Crippen LogP contribution in [0.5, 0.6) is 0 Å². The molecule has 0 N–H and O–H groups in total. The van der Waals surface area contributed by atoms with Crippen LogP contribution >= 0.6 is 0 Å². The van der Waals surface area contributed by atoms with Gasteiger partial charge < -0.3 is 9.16 Å². The normalized spacial score (nSPS) is 23.9. The molecule has 1 aliphatic heterocycles. The third kappa shape index (κ3) is 4.04. The summed E-state index contributed by atoms with van der Waals surface area (Å²) >= 11 is 0. The Bertz CT molecular complexity index is 141. The number of hydrogen-bond donors (Lipinski definition) is 0. The Kier molecular flexibility index (Phi) is 4.57. The molecule has 3 heteroatoms. The van der Waals surface area contributed by atoms with Gasteiger partial charge in [0.05, 0.1) is 12.8 Å². The lowest BCUT2D eigenvalue weighted by Gasteiger charge is -2.20. The van der Waals surface area contributed by atoms with Crippen LogP contribution in [-0.4, -0.2) is 28.5 Å². The summed E-state index contributed by atoms with van der Waals surface area (Å²) in [6, 6.07) is 1.29. The molecule has 12 heavy (non-hydrogen) atoms. The lowest BCUT2D eigenvalue weighted by molar-refractivity contribution is 0.173. The van der Waals surface area contributed by atoms with Crippen LogP contribution in [0.3, 0.4) is 0 Å². The van der Waals surface area contributed by atoms with Gasteiger partial charge in [0, 0.05) is 6.61 Å². The highest BCUT2D eigenvalue weighted by molar-refractivity contribution is 6.51. The molecule has 1 unspecified atom stereocenters. The first-order valence-corrected chi connectivity index (χ1v) is 6.73. The van der Waals surface area contributed by atoms with Crippen molar-refractivity contribution in [3.8, 4) is 0 Å². The standard InChI is InChI=1S/C9H18O2Si/c1-9(2)7-10-8-12-6-4-3-5-11-12/h12H,1,3-8H2,2H3. The van der Waals surface area contributed by atoms with E-state index in [2.05, 4.69) is 6.58 Å². The van der Waals surface area contributed by atoms with E-state index in [0.29, 0.717) is 6.61 Å². The molecule has 1 aliphatic rings. The first kappa shape index (κ1) is 9.96. The molecule has 0 saturated carbocycles. The van der Waals surface area contributed by atoms with Crippen LogP contribution in [0.4, 0.5) is 0 Å². The fourth-order valence-electron chi connectivity index (χ4n) is 1.30. The summed E-state index contributed by atoms with van der Waals surface area (Å²) in [6.07, 6.45) is 3.45. The van der Waals surface area contributed by atoms with E-state index in [0.717, 1.165) is 18.4 Å². The molecule has 0 amide bonds. The molecule has 70 valence electrons. The van der Waals surface area contributed by atoms with Gasteiger partial charge in [-0.05, 0) is 19.4 Å². The van der Waals surface area contributed by atoms with Crippen LogP contribution in [0.2, 0.25) is 6.04 Å². The predicted octanol–water partition coefficient (Wildman–Crippen LogP) is 1.65. The maximum absolute atomic E-state index is 5.64. The third-order valence-electron chi connectivity index (χ3n) is 1.93. The number of ether oxygens (including phenoxy) is 1. The minimum Gasteiger partial charge on any atom is -0.418 e. The fraction of sp³-hybridized carbons (Fsp3) is 0.778. The molecule has 1 fully saturated rings. The Balaban J connectivity index is 2.01.